The Kier molecular flexibility index (Phi) is 6.00. The quantitative estimate of drug-likeness (QED) is 0.787. The van der Waals surface area contributed by atoms with Crippen LogP contribution in [0.15, 0.2) is 0 Å². The van der Waals surface area contributed by atoms with Gasteiger partial charge < -0.3 is 25.1 Å². The van der Waals surface area contributed by atoms with Crippen LogP contribution in [0.25, 0.3) is 0 Å². The fourth-order valence-electron chi connectivity index (χ4n) is 4.27. The molecule has 2 unspecified atom stereocenters. The van der Waals surface area contributed by atoms with Gasteiger partial charge in [0.1, 0.15) is 0 Å². The lowest BCUT2D eigenvalue weighted by atomic mass is 9.96. The van der Waals surface area contributed by atoms with E-state index >= 15 is 0 Å². The third-order valence-corrected chi connectivity index (χ3v) is 6.27. The van der Waals surface area contributed by atoms with Gasteiger partial charge in [0, 0.05) is 38.3 Å². The standard InChI is InChI=1S/C18H34N4O2/c1-14-3-10-22(13-17(14)23)18(24)19-15-4-11-21(12-5-15)16-6-8-20(2)9-7-16/h14-17,23H,3-13H2,1-2H3,(H,19,24). The van der Waals surface area contributed by atoms with E-state index in [1.54, 1.807) is 4.90 Å². The first-order chi connectivity index (χ1) is 11.5. The first-order valence-electron chi connectivity index (χ1n) is 9.69. The molecule has 3 heterocycles. The number of nitrogens with one attached hydrogen (secondary N) is 1. The highest BCUT2D eigenvalue weighted by Gasteiger charge is 2.31. The Bertz CT molecular complexity index is 417. The molecule has 3 rings (SSSR count). The number of carbonyl (C=O) groups excluding carboxylic acids is 1. The van der Waals surface area contributed by atoms with Crippen LogP contribution in [0.2, 0.25) is 0 Å². The molecule has 0 aromatic heterocycles. The van der Waals surface area contributed by atoms with E-state index in [1.807, 2.05) is 0 Å². The molecule has 2 atom stereocenters. The monoisotopic (exact) mass is 338 g/mol. The maximum atomic E-state index is 12.4. The van der Waals surface area contributed by atoms with Gasteiger partial charge in [-0.3, -0.25) is 0 Å². The number of β-amino-alcohol motifs (C(OH)–C–C–N with tert-alkyl or cyclic N) is 1. The summed E-state index contributed by atoms with van der Waals surface area (Å²) in [6.45, 7) is 7.89. The minimum atomic E-state index is -0.379. The molecule has 3 saturated heterocycles. The molecule has 2 amide bonds. The van der Waals surface area contributed by atoms with Crippen LogP contribution in [0.1, 0.15) is 39.0 Å². The number of aliphatic hydroxyl groups excluding tert-OH is 1. The number of carbonyl (C=O) groups is 1. The van der Waals surface area contributed by atoms with Crippen LogP contribution < -0.4 is 5.32 Å². The molecule has 2 N–H and O–H groups in total. The second kappa shape index (κ2) is 8.02. The van der Waals surface area contributed by atoms with E-state index in [0.717, 1.165) is 44.9 Å². The molecule has 0 aromatic rings. The minimum absolute atomic E-state index is 0.0127. The smallest absolute Gasteiger partial charge is 0.317 e. The SMILES string of the molecule is CC1CCN(C(=O)NC2CCN(C3CCN(C)CC3)CC2)CC1O. The average molecular weight is 338 g/mol. The van der Waals surface area contributed by atoms with E-state index < -0.39 is 0 Å². The second-order valence-corrected chi connectivity index (χ2v) is 8.07. The van der Waals surface area contributed by atoms with Crippen LogP contribution >= 0.6 is 0 Å². The van der Waals surface area contributed by atoms with Gasteiger partial charge in [0.15, 0.2) is 0 Å². The summed E-state index contributed by atoms with van der Waals surface area (Å²) in [6, 6.07) is 1.03. The molecule has 0 radical (unpaired) electrons. The van der Waals surface area contributed by atoms with E-state index in [1.165, 1.54) is 25.9 Å². The van der Waals surface area contributed by atoms with Gasteiger partial charge in [-0.1, -0.05) is 6.92 Å². The van der Waals surface area contributed by atoms with E-state index in [2.05, 4.69) is 29.1 Å². The Morgan fingerprint density at radius 1 is 1.00 bits per heavy atom. The topological polar surface area (TPSA) is 59.1 Å². The maximum Gasteiger partial charge on any atom is 0.317 e. The summed E-state index contributed by atoms with van der Waals surface area (Å²) >= 11 is 0. The highest BCUT2D eigenvalue weighted by Crippen LogP contribution is 2.21. The number of rotatable bonds is 2. The van der Waals surface area contributed by atoms with Crippen molar-refractivity contribution in [1.82, 2.24) is 20.0 Å². The molecule has 0 bridgehead atoms. The molecule has 24 heavy (non-hydrogen) atoms. The fraction of sp³-hybridized carbons (Fsp3) is 0.944. The number of piperidine rings is 3. The number of likely N-dealkylation sites (tertiary alicyclic amines) is 3. The Morgan fingerprint density at radius 3 is 2.29 bits per heavy atom. The Hall–Kier alpha value is -0.850. The molecule has 0 aliphatic carbocycles. The van der Waals surface area contributed by atoms with Crippen molar-refractivity contribution in [2.24, 2.45) is 5.92 Å². The number of hydrogen-bond acceptors (Lipinski definition) is 4. The first-order valence-corrected chi connectivity index (χ1v) is 9.69. The summed E-state index contributed by atoms with van der Waals surface area (Å²) in [7, 11) is 2.20. The van der Waals surface area contributed by atoms with Gasteiger partial charge in [0.25, 0.3) is 0 Å². The fourth-order valence-corrected chi connectivity index (χ4v) is 4.27. The van der Waals surface area contributed by atoms with Crippen LogP contribution in [-0.4, -0.2) is 90.3 Å². The van der Waals surface area contributed by atoms with Crippen LogP contribution in [0, 0.1) is 5.92 Å². The van der Waals surface area contributed by atoms with Crippen LogP contribution in [0.3, 0.4) is 0 Å². The third kappa shape index (κ3) is 4.41. The van der Waals surface area contributed by atoms with E-state index in [9.17, 15) is 9.90 Å². The summed E-state index contributed by atoms with van der Waals surface area (Å²) in [5.74, 6) is 0.298. The van der Waals surface area contributed by atoms with Gasteiger partial charge in [-0.15, -0.1) is 0 Å². The molecule has 3 aliphatic rings. The van der Waals surface area contributed by atoms with Gasteiger partial charge >= 0.3 is 6.03 Å². The normalized spacial score (nSPS) is 32.0. The molecule has 0 aromatic carbocycles. The molecular formula is C18H34N4O2. The predicted octanol–water partition coefficient (Wildman–Crippen LogP) is 0.957. The summed E-state index contributed by atoms with van der Waals surface area (Å²) in [4.78, 5) is 19.2. The van der Waals surface area contributed by atoms with Gasteiger partial charge in [-0.2, -0.15) is 0 Å². The van der Waals surface area contributed by atoms with E-state index in [0.29, 0.717) is 12.5 Å². The molecule has 6 nitrogen and oxygen atoms in total. The van der Waals surface area contributed by atoms with Crippen molar-refractivity contribution in [1.29, 1.82) is 0 Å². The van der Waals surface area contributed by atoms with Crippen LogP contribution in [0.5, 0.6) is 0 Å². The van der Waals surface area contributed by atoms with Gasteiger partial charge in [-0.05, 0) is 58.2 Å². The molecular weight excluding hydrogens is 304 g/mol. The first kappa shape index (κ1) is 18.0. The van der Waals surface area contributed by atoms with Crippen molar-refractivity contribution < 1.29 is 9.90 Å². The lowest BCUT2D eigenvalue weighted by Crippen LogP contribution is -2.55. The van der Waals surface area contributed by atoms with Crippen LogP contribution in [-0.2, 0) is 0 Å². The largest absolute Gasteiger partial charge is 0.391 e. The molecule has 138 valence electrons. The number of urea groups is 1. The highest BCUT2D eigenvalue weighted by atomic mass is 16.3. The summed E-state index contributed by atoms with van der Waals surface area (Å²) in [5.41, 5.74) is 0. The summed E-state index contributed by atoms with van der Waals surface area (Å²) in [6.07, 6.45) is 5.16. The zero-order valence-corrected chi connectivity index (χ0v) is 15.3. The lowest BCUT2D eigenvalue weighted by molar-refractivity contribution is 0.0415. The van der Waals surface area contributed by atoms with Crippen molar-refractivity contribution in [3.63, 3.8) is 0 Å². The molecule has 6 heteroatoms. The molecule has 3 fully saturated rings. The van der Waals surface area contributed by atoms with Crippen molar-refractivity contribution in [2.45, 2.75) is 57.2 Å². The van der Waals surface area contributed by atoms with Crippen molar-refractivity contribution in [3.05, 3.63) is 0 Å². The zero-order valence-electron chi connectivity index (χ0n) is 15.3. The van der Waals surface area contributed by atoms with Crippen molar-refractivity contribution >= 4 is 6.03 Å². The second-order valence-electron chi connectivity index (χ2n) is 8.07. The Balaban J connectivity index is 1.40. The number of hydrogen-bond donors (Lipinski definition) is 2. The van der Waals surface area contributed by atoms with Gasteiger partial charge in [0.2, 0.25) is 0 Å². The predicted molar refractivity (Wildman–Crippen MR) is 95.0 cm³/mol. The third-order valence-electron chi connectivity index (χ3n) is 6.27. The highest BCUT2D eigenvalue weighted by molar-refractivity contribution is 5.74. The van der Waals surface area contributed by atoms with Crippen molar-refractivity contribution in [2.75, 3.05) is 46.3 Å². The molecule has 0 saturated carbocycles. The summed E-state index contributed by atoms with van der Waals surface area (Å²) < 4.78 is 0. The van der Waals surface area contributed by atoms with E-state index in [4.69, 9.17) is 0 Å². The zero-order chi connectivity index (χ0) is 17.1. The maximum absolute atomic E-state index is 12.4. The minimum Gasteiger partial charge on any atom is -0.391 e. The Labute approximate surface area is 146 Å². The Morgan fingerprint density at radius 2 is 1.67 bits per heavy atom. The molecule has 0 spiro atoms. The number of nitrogens with zero attached hydrogens (tertiary/aromatic N) is 3. The average Bonchev–Trinajstić information content (AvgIpc) is 2.59. The number of aliphatic hydroxyl groups is 1. The number of amides is 2. The summed E-state index contributed by atoms with van der Waals surface area (Å²) in [5, 5.41) is 13.2. The van der Waals surface area contributed by atoms with Gasteiger partial charge in [-0.25, -0.2) is 4.79 Å². The van der Waals surface area contributed by atoms with Crippen molar-refractivity contribution in [3.8, 4) is 0 Å². The van der Waals surface area contributed by atoms with Gasteiger partial charge in [0.05, 0.1) is 6.10 Å². The lowest BCUT2D eigenvalue weighted by Gasteiger charge is -2.41. The molecule has 3 aliphatic heterocycles. The van der Waals surface area contributed by atoms with Crippen LogP contribution in [0.4, 0.5) is 4.79 Å². The van der Waals surface area contributed by atoms with E-state index in [-0.39, 0.29) is 18.2 Å².